The fraction of sp³-hybridized carbons (Fsp3) is 0.400. The number of pyridine rings is 1. The van der Waals surface area contributed by atoms with Crippen molar-refractivity contribution < 1.29 is 13.2 Å². The summed E-state index contributed by atoms with van der Waals surface area (Å²) in [5, 5.41) is 12.2. The lowest BCUT2D eigenvalue weighted by Crippen LogP contribution is -2.37. The zero-order valence-electron chi connectivity index (χ0n) is 16.8. The molecule has 5 heterocycles. The second-order valence-corrected chi connectivity index (χ2v) is 7.91. The van der Waals surface area contributed by atoms with Crippen LogP contribution in [0.1, 0.15) is 61.3 Å². The molecule has 0 bridgehead atoms. The molecule has 5 rings (SSSR count). The van der Waals surface area contributed by atoms with Gasteiger partial charge in [-0.05, 0) is 23.6 Å². The lowest BCUT2D eigenvalue weighted by Gasteiger charge is -2.32. The van der Waals surface area contributed by atoms with Crippen molar-refractivity contribution in [1.82, 2.24) is 29.8 Å². The standard InChI is InChI=1S/C20H21F2N7O/c1-11(2)12-5-4-7-29-15(12)9-14(27-29)17-16-13(23-10-24-16)6-8-28(17)19-26-25-18(30-19)20(3,21)22/h4-5,7,9-11,17H,6,8H2,1-3H3,(H,23,24)/t17-/m1/s1. The second kappa shape index (κ2) is 6.61. The number of fused-ring (bicyclic) bond motifs is 2. The van der Waals surface area contributed by atoms with E-state index in [1.807, 2.05) is 22.8 Å². The van der Waals surface area contributed by atoms with Crippen LogP contribution in [0.15, 0.2) is 35.1 Å². The van der Waals surface area contributed by atoms with Crippen LogP contribution in [0.25, 0.3) is 5.52 Å². The van der Waals surface area contributed by atoms with Crippen LogP contribution in [0.4, 0.5) is 14.8 Å². The molecule has 4 aromatic heterocycles. The third-order valence-corrected chi connectivity index (χ3v) is 5.42. The lowest BCUT2D eigenvalue weighted by molar-refractivity contribution is -0.0107. The fourth-order valence-corrected chi connectivity index (χ4v) is 3.97. The van der Waals surface area contributed by atoms with Crippen molar-refractivity contribution >= 4 is 11.5 Å². The Balaban J connectivity index is 1.64. The first-order chi connectivity index (χ1) is 14.3. The van der Waals surface area contributed by atoms with E-state index in [0.717, 1.165) is 29.5 Å². The van der Waals surface area contributed by atoms with Gasteiger partial charge in [-0.15, -0.1) is 5.10 Å². The molecule has 1 atom stereocenters. The van der Waals surface area contributed by atoms with Gasteiger partial charge >= 0.3 is 11.9 Å². The first-order valence-corrected chi connectivity index (χ1v) is 9.81. The largest absolute Gasteiger partial charge is 0.401 e. The van der Waals surface area contributed by atoms with Crippen LogP contribution in [-0.4, -0.2) is 36.3 Å². The van der Waals surface area contributed by atoms with Crippen molar-refractivity contribution in [3.05, 3.63) is 59.3 Å². The molecule has 10 heteroatoms. The zero-order chi connectivity index (χ0) is 21.0. The van der Waals surface area contributed by atoms with Gasteiger partial charge in [0.05, 0.1) is 23.2 Å². The average Bonchev–Trinajstić information content (AvgIpc) is 3.43. The number of rotatable bonds is 4. The maximum absolute atomic E-state index is 13.7. The fourth-order valence-electron chi connectivity index (χ4n) is 3.97. The van der Waals surface area contributed by atoms with E-state index in [1.165, 1.54) is 5.56 Å². The molecule has 0 saturated heterocycles. The molecular formula is C20H21F2N7O. The van der Waals surface area contributed by atoms with Gasteiger partial charge in [-0.2, -0.15) is 13.9 Å². The van der Waals surface area contributed by atoms with E-state index in [4.69, 9.17) is 9.52 Å². The number of aromatic amines is 1. The number of alkyl halides is 2. The molecule has 8 nitrogen and oxygen atoms in total. The van der Waals surface area contributed by atoms with Crippen LogP contribution >= 0.6 is 0 Å². The van der Waals surface area contributed by atoms with Gasteiger partial charge in [0.15, 0.2) is 0 Å². The van der Waals surface area contributed by atoms with Gasteiger partial charge in [0.2, 0.25) is 0 Å². The maximum Gasteiger partial charge on any atom is 0.321 e. The summed E-state index contributed by atoms with van der Waals surface area (Å²) in [6, 6.07) is 5.66. The van der Waals surface area contributed by atoms with E-state index in [-0.39, 0.29) is 6.01 Å². The molecule has 0 aliphatic carbocycles. The third kappa shape index (κ3) is 2.94. The average molecular weight is 413 g/mol. The molecule has 1 N–H and O–H groups in total. The molecule has 0 amide bonds. The molecule has 156 valence electrons. The molecule has 0 saturated carbocycles. The van der Waals surface area contributed by atoms with Crippen molar-refractivity contribution in [2.24, 2.45) is 0 Å². The Morgan fingerprint density at radius 3 is 2.87 bits per heavy atom. The smallest absolute Gasteiger partial charge is 0.321 e. The van der Waals surface area contributed by atoms with Crippen LogP contribution in [0.2, 0.25) is 0 Å². The summed E-state index contributed by atoms with van der Waals surface area (Å²) in [5.74, 6) is -3.59. The van der Waals surface area contributed by atoms with Gasteiger partial charge < -0.3 is 14.3 Å². The van der Waals surface area contributed by atoms with Gasteiger partial charge in [-0.1, -0.05) is 25.0 Å². The van der Waals surface area contributed by atoms with E-state index in [9.17, 15) is 8.78 Å². The number of halogens is 2. The summed E-state index contributed by atoms with van der Waals surface area (Å²) in [6.07, 6.45) is 4.18. The summed E-state index contributed by atoms with van der Waals surface area (Å²) in [7, 11) is 0. The van der Waals surface area contributed by atoms with E-state index in [0.29, 0.717) is 18.9 Å². The van der Waals surface area contributed by atoms with Crippen molar-refractivity contribution in [1.29, 1.82) is 0 Å². The first kappa shape index (κ1) is 18.7. The molecule has 1 aliphatic heterocycles. The Morgan fingerprint density at radius 1 is 1.30 bits per heavy atom. The first-order valence-electron chi connectivity index (χ1n) is 9.81. The van der Waals surface area contributed by atoms with Crippen molar-refractivity contribution in [3.8, 4) is 0 Å². The highest BCUT2D eigenvalue weighted by Gasteiger charge is 2.38. The van der Waals surface area contributed by atoms with Crippen molar-refractivity contribution in [3.63, 3.8) is 0 Å². The number of anilines is 1. The Morgan fingerprint density at radius 2 is 2.13 bits per heavy atom. The molecule has 0 radical (unpaired) electrons. The van der Waals surface area contributed by atoms with Gasteiger partial charge in [0.1, 0.15) is 6.04 Å². The van der Waals surface area contributed by atoms with Crippen molar-refractivity contribution in [2.75, 3.05) is 11.4 Å². The van der Waals surface area contributed by atoms with Crippen LogP contribution < -0.4 is 4.90 Å². The molecule has 30 heavy (non-hydrogen) atoms. The van der Waals surface area contributed by atoms with Crippen LogP contribution in [0.5, 0.6) is 0 Å². The van der Waals surface area contributed by atoms with Crippen LogP contribution in [0, 0.1) is 0 Å². The number of aromatic nitrogens is 6. The SMILES string of the molecule is CC(C)c1cccn2nc([C@@H]3c4nc[nH]c4CCN3c3nnc(C(C)(F)F)o3)cc12. The van der Waals surface area contributed by atoms with Crippen molar-refractivity contribution in [2.45, 2.75) is 45.1 Å². The minimum atomic E-state index is -3.21. The predicted molar refractivity (Wildman–Crippen MR) is 105 cm³/mol. The number of hydrogen-bond acceptors (Lipinski definition) is 6. The molecule has 4 aromatic rings. The molecule has 1 aliphatic rings. The summed E-state index contributed by atoms with van der Waals surface area (Å²) in [4.78, 5) is 9.45. The van der Waals surface area contributed by atoms with E-state index >= 15 is 0 Å². The Hall–Kier alpha value is -3.30. The summed E-state index contributed by atoms with van der Waals surface area (Å²) in [5.41, 5.74) is 4.67. The van der Waals surface area contributed by atoms with E-state index in [1.54, 1.807) is 11.2 Å². The van der Waals surface area contributed by atoms with E-state index in [2.05, 4.69) is 40.1 Å². The quantitative estimate of drug-likeness (QED) is 0.547. The second-order valence-electron chi connectivity index (χ2n) is 7.91. The lowest BCUT2D eigenvalue weighted by atomic mass is 9.99. The molecule has 0 aromatic carbocycles. The highest BCUT2D eigenvalue weighted by Crippen LogP contribution is 2.38. The zero-order valence-corrected chi connectivity index (χ0v) is 16.8. The number of imidazole rings is 1. The number of nitrogens with one attached hydrogen (secondary N) is 1. The monoisotopic (exact) mass is 413 g/mol. The molecule has 0 spiro atoms. The van der Waals surface area contributed by atoms with Gasteiger partial charge in [0.25, 0.3) is 5.89 Å². The highest BCUT2D eigenvalue weighted by atomic mass is 19.3. The van der Waals surface area contributed by atoms with Gasteiger partial charge in [0, 0.05) is 31.8 Å². The third-order valence-electron chi connectivity index (χ3n) is 5.42. The number of H-pyrrole nitrogens is 1. The maximum atomic E-state index is 13.7. The topological polar surface area (TPSA) is 88.1 Å². The number of hydrogen-bond donors (Lipinski definition) is 1. The molecule has 0 fully saturated rings. The Labute approximate surface area is 170 Å². The van der Waals surface area contributed by atoms with E-state index < -0.39 is 17.9 Å². The minimum Gasteiger partial charge on any atom is -0.401 e. The summed E-state index contributed by atoms with van der Waals surface area (Å²) < 4.78 is 34.5. The van der Waals surface area contributed by atoms with Gasteiger partial charge in [-0.25, -0.2) is 9.50 Å². The predicted octanol–water partition coefficient (Wildman–Crippen LogP) is 3.83. The van der Waals surface area contributed by atoms with Crippen LogP contribution in [-0.2, 0) is 12.3 Å². The Kier molecular flexibility index (Phi) is 4.12. The summed E-state index contributed by atoms with van der Waals surface area (Å²) in [6.45, 7) is 5.50. The molecular weight excluding hydrogens is 392 g/mol. The van der Waals surface area contributed by atoms with Gasteiger partial charge in [-0.3, -0.25) is 0 Å². The minimum absolute atomic E-state index is 0.0336. The van der Waals surface area contributed by atoms with Crippen LogP contribution in [0.3, 0.4) is 0 Å². The normalized spacial score (nSPS) is 17.1. The highest BCUT2D eigenvalue weighted by molar-refractivity contribution is 5.58. The Bertz CT molecular complexity index is 1200. The molecule has 0 unspecified atom stereocenters. The summed E-state index contributed by atoms with van der Waals surface area (Å²) >= 11 is 0. The number of nitrogens with zero attached hydrogens (tertiary/aromatic N) is 6.